The summed E-state index contributed by atoms with van der Waals surface area (Å²) in [7, 11) is 0. The minimum Gasteiger partial charge on any atom is -0.378 e. The molecule has 0 bridgehead atoms. The molecule has 1 aromatic heterocycles. The first kappa shape index (κ1) is 11.7. The molecule has 2 rings (SSSR count). The molecule has 2 atom stereocenters. The summed E-state index contributed by atoms with van der Waals surface area (Å²) in [5.41, 5.74) is -0.104. The van der Waals surface area contributed by atoms with Crippen molar-refractivity contribution in [3.63, 3.8) is 0 Å². The van der Waals surface area contributed by atoms with E-state index in [2.05, 4.69) is 15.3 Å². The highest BCUT2D eigenvalue weighted by Crippen LogP contribution is 2.20. The highest BCUT2D eigenvalue weighted by atomic mass is 16.6. The smallest absolute Gasteiger partial charge is 0.305 e. The molecule has 0 aliphatic carbocycles. The average molecular weight is 238 g/mol. The molecule has 1 N–H and O–H groups in total. The average Bonchev–Trinajstić information content (AvgIpc) is 2.73. The summed E-state index contributed by atoms with van der Waals surface area (Å²) in [5, 5.41) is 13.5. The highest BCUT2D eigenvalue weighted by Gasteiger charge is 2.23. The van der Waals surface area contributed by atoms with Gasteiger partial charge in [-0.3, -0.25) is 10.1 Å². The molecule has 0 spiro atoms. The molecule has 7 heteroatoms. The third-order valence-electron chi connectivity index (χ3n) is 2.90. The van der Waals surface area contributed by atoms with Gasteiger partial charge in [-0.25, -0.2) is 9.97 Å². The predicted octanol–water partition coefficient (Wildman–Crippen LogP) is 1.22. The second-order valence-electron chi connectivity index (χ2n) is 4.03. The topological polar surface area (TPSA) is 90.2 Å². The minimum atomic E-state index is -0.517. The van der Waals surface area contributed by atoms with Crippen molar-refractivity contribution in [3.8, 4) is 0 Å². The van der Waals surface area contributed by atoms with Gasteiger partial charge < -0.3 is 10.1 Å². The van der Waals surface area contributed by atoms with Crippen LogP contribution in [0.25, 0.3) is 0 Å². The van der Waals surface area contributed by atoms with E-state index in [0.29, 0.717) is 11.9 Å². The molecule has 1 saturated heterocycles. The van der Waals surface area contributed by atoms with Gasteiger partial charge in [0.25, 0.3) is 0 Å². The molecule has 1 aliphatic heterocycles. The van der Waals surface area contributed by atoms with Crippen LogP contribution >= 0.6 is 0 Å². The first-order valence-electron chi connectivity index (χ1n) is 5.48. The number of rotatable bonds is 4. The third-order valence-corrected chi connectivity index (χ3v) is 2.90. The zero-order valence-corrected chi connectivity index (χ0v) is 9.50. The second-order valence-corrected chi connectivity index (χ2v) is 4.03. The lowest BCUT2D eigenvalue weighted by Gasteiger charge is -2.14. The maximum Gasteiger partial charge on any atom is 0.305 e. The van der Waals surface area contributed by atoms with Crippen LogP contribution in [0.3, 0.4) is 0 Å². The Balaban J connectivity index is 1.88. The number of nitro groups is 1. The van der Waals surface area contributed by atoms with Gasteiger partial charge >= 0.3 is 5.69 Å². The molecule has 0 aromatic carbocycles. The standard InChI is InChI=1S/C10H14N4O3/c1-7-8(2-3-17-7)4-11-10-12-5-9(6-13-10)14(15)16/h5-8H,2-4H2,1H3,(H,11,12,13). The molecule has 0 amide bonds. The summed E-state index contributed by atoms with van der Waals surface area (Å²) in [6, 6.07) is 0. The van der Waals surface area contributed by atoms with Gasteiger partial charge in [0.2, 0.25) is 5.95 Å². The van der Waals surface area contributed by atoms with E-state index in [9.17, 15) is 10.1 Å². The van der Waals surface area contributed by atoms with Crippen molar-refractivity contribution in [1.29, 1.82) is 0 Å². The van der Waals surface area contributed by atoms with Gasteiger partial charge in [0.05, 0.1) is 11.0 Å². The first-order valence-corrected chi connectivity index (χ1v) is 5.48. The summed E-state index contributed by atoms with van der Waals surface area (Å²) in [6.07, 6.45) is 3.65. The first-order chi connectivity index (χ1) is 8.16. The Hall–Kier alpha value is -1.76. The lowest BCUT2D eigenvalue weighted by Crippen LogP contribution is -2.21. The fourth-order valence-electron chi connectivity index (χ4n) is 1.77. The van der Waals surface area contributed by atoms with Gasteiger partial charge in [-0.15, -0.1) is 0 Å². The molecule has 17 heavy (non-hydrogen) atoms. The van der Waals surface area contributed by atoms with Crippen molar-refractivity contribution in [2.45, 2.75) is 19.4 Å². The van der Waals surface area contributed by atoms with Gasteiger partial charge in [-0.2, -0.15) is 0 Å². The lowest BCUT2D eigenvalue weighted by atomic mass is 10.0. The maximum absolute atomic E-state index is 10.4. The van der Waals surface area contributed by atoms with Crippen molar-refractivity contribution in [1.82, 2.24) is 9.97 Å². The zero-order chi connectivity index (χ0) is 12.3. The molecule has 92 valence electrons. The van der Waals surface area contributed by atoms with Crippen LogP contribution in [0.2, 0.25) is 0 Å². The Morgan fingerprint density at radius 1 is 1.59 bits per heavy atom. The molecule has 2 unspecified atom stereocenters. The third kappa shape index (κ3) is 2.88. The number of hydrogen-bond donors (Lipinski definition) is 1. The summed E-state index contributed by atoms with van der Waals surface area (Å²) in [6.45, 7) is 3.55. The van der Waals surface area contributed by atoms with E-state index in [-0.39, 0.29) is 11.8 Å². The number of aromatic nitrogens is 2. The van der Waals surface area contributed by atoms with E-state index in [1.807, 2.05) is 6.92 Å². The quantitative estimate of drug-likeness (QED) is 0.626. The van der Waals surface area contributed by atoms with E-state index in [1.54, 1.807) is 0 Å². The predicted molar refractivity (Wildman–Crippen MR) is 60.7 cm³/mol. The fraction of sp³-hybridized carbons (Fsp3) is 0.600. The van der Waals surface area contributed by atoms with E-state index in [0.717, 1.165) is 19.6 Å². The van der Waals surface area contributed by atoms with Crippen LogP contribution in [0, 0.1) is 16.0 Å². The molecule has 1 aromatic rings. The fourth-order valence-corrected chi connectivity index (χ4v) is 1.77. The summed E-state index contributed by atoms with van der Waals surface area (Å²) in [4.78, 5) is 17.7. The maximum atomic E-state index is 10.4. The van der Waals surface area contributed by atoms with Crippen LogP contribution in [-0.2, 0) is 4.74 Å². The Kier molecular flexibility index (Phi) is 3.48. The van der Waals surface area contributed by atoms with Crippen LogP contribution in [0.1, 0.15) is 13.3 Å². The molecule has 0 radical (unpaired) electrons. The SMILES string of the molecule is CC1OCCC1CNc1ncc([N+](=O)[O-])cn1. The van der Waals surface area contributed by atoms with E-state index < -0.39 is 4.92 Å². The summed E-state index contributed by atoms with van der Waals surface area (Å²) in [5.74, 6) is 0.850. The van der Waals surface area contributed by atoms with Gasteiger partial charge in [-0.1, -0.05) is 0 Å². The van der Waals surface area contributed by atoms with Crippen LogP contribution in [0.15, 0.2) is 12.4 Å². The Labute approximate surface area is 98.4 Å². The number of nitrogens with one attached hydrogen (secondary N) is 1. The van der Waals surface area contributed by atoms with Gasteiger partial charge in [-0.05, 0) is 13.3 Å². The van der Waals surface area contributed by atoms with Gasteiger partial charge in [0, 0.05) is 19.1 Å². The van der Waals surface area contributed by atoms with E-state index in [1.165, 1.54) is 12.4 Å². The number of ether oxygens (including phenoxy) is 1. The molecule has 1 aliphatic rings. The molecular formula is C10H14N4O3. The van der Waals surface area contributed by atoms with E-state index >= 15 is 0 Å². The Morgan fingerprint density at radius 2 is 2.29 bits per heavy atom. The van der Waals surface area contributed by atoms with E-state index in [4.69, 9.17) is 4.74 Å². The van der Waals surface area contributed by atoms with Crippen LogP contribution < -0.4 is 5.32 Å². The van der Waals surface area contributed by atoms with Crippen molar-refractivity contribution in [2.75, 3.05) is 18.5 Å². The molecular weight excluding hydrogens is 224 g/mol. The molecule has 0 saturated carbocycles. The molecule has 2 heterocycles. The molecule has 1 fully saturated rings. The Bertz CT molecular complexity index is 395. The van der Waals surface area contributed by atoms with Crippen molar-refractivity contribution < 1.29 is 9.66 Å². The normalized spacial score (nSPS) is 23.6. The lowest BCUT2D eigenvalue weighted by molar-refractivity contribution is -0.385. The summed E-state index contributed by atoms with van der Waals surface area (Å²) < 4.78 is 5.43. The second kappa shape index (κ2) is 5.05. The molecule has 7 nitrogen and oxygen atoms in total. The number of hydrogen-bond acceptors (Lipinski definition) is 6. The number of nitrogens with zero attached hydrogens (tertiary/aromatic N) is 3. The van der Waals surface area contributed by atoms with Gasteiger partial charge in [0.1, 0.15) is 12.4 Å². The Morgan fingerprint density at radius 3 is 2.82 bits per heavy atom. The monoisotopic (exact) mass is 238 g/mol. The van der Waals surface area contributed by atoms with Crippen molar-refractivity contribution in [3.05, 3.63) is 22.5 Å². The van der Waals surface area contributed by atoms with Crippen LogP contribution in [0.4, 0.5) is 11.6 Å². The number of anilines is 1. The highest BCUT2D eigenvalue weighted by molar-refractivity contribution is 5.30. The van der Waals surface area contributed by atoms with Crippen LogP contribution in [0.5, 0.6) is 0 Å². The van der Waals surface area contributed by atoms with Crippen molar-refractivity contribution >= 4 is 11.6 Å². The van der Waals surface area contributed by atoms with Crippen molar-refractivity contribution in [2.24, 2.45) is 5.92 Å². The van der Waals surface area contributed by atoms with Crippen LogP contribution in [-0.4, -0.2) is 34.1 Å². The van der Waals surface area contributed by atoms with Gasteiger partial charge in [0.15, 0.2) is 0 Å². The minimum absolute atomic E-state index is 0.104. The summed E-state index contributed by atoms with van der Waals surface area (Å²) >= 11 is 0. The zero-order valence-electron chi connectivity index (χ0n) is 9.50. The largest absolute Gasteiger partial charge is 0.378 e.